The molecule has 2 heteroatoms. The van der Waals surface area contributed by atoms with Crippen LogP contribution in [0.5, 0.6) is 0 Å². The maximum absolute atomic E-state index is 13.0. The van der Waals surface area contributed by atoms with Gasteiger partial charge in [0, 0.05) is 16.7 Å². The van der Waals surface area contributed by atoms with E-state index in [1.165, 1.54) is 5.56 Å². The number of ether oxygens (including phenoxy) is 1. The first-order valence-electron chi connectivity index (χ1n) is 9.92. The highest BCUT2D eigenvalue weighted by atomic mass is 16.6. The number of esters is 1. The van der Waals surface area contributed by atoms with Gasteiger partial charge in [-0.1, -0.05) is 78.4 Å². The van der Waals surface area contributed by atoms with Crippen LogP contribution in [0.4, 0.5) is 0 Å². The van der Waals surface area contributed by atoms with Crippen molar-refractivity contribution in [3.63, 3.8) is 0 Å². The molecule has 0 aliphatic carbocycles. The molecule has 1 aliphatic heterocycles. The number of cyclic esters (lactones) is 1. The second kappa shape index (κ2) is 6.31. The van der Waals surface area contributed by atoms with E-state index in [0.29, 0.717) is 5.56 Å². The lowest BCUT2D eigenvalue weighted by Gasteiger charge is -2.34. The number of rotatable bonds is 2. The Morgan fingerprint density at radius 1 is 0.724 bits per heavy atom. The smallest absolute Gasteiger partial charge is 0.340 e. The zero-order chi connectivity index (χ0) is 20.2. The summed E-state index contributed by atoms with van der Waals surface area (Å²) >= 11 is 0. The molecule has 5 rings (SSSR count). The van der Waals surface area contributed by atoms with Crippen LogP contribution in [0.3, 0.4) is 0 Å². The Morgan fingerprint density at radius 3 is 2.31 bits per heavy atom. The lowest BCUT2D eigenvalue weighted by atomic mass is 9.74. The van der Waals surface area contributed by atoms with Crippen molar-refractivity contribution in [3.8, 4) is 0 Å². The highest BCUT2D eigenvalue weighted by molar-refractivity contribution is 5.98. The molecule has 2 nitrogen and oxygen atoms in total. The van der Waals surface area contributed by atoms with Gasteiger partial charge in [0.05, 0.1) is 5.56 Å². The van der Waals surface area contributed by atoms with Gasteiger partial charge in [0.25, 0.3) is 0 Å². The van der Waals surface area contributed by atoms with E-state index in [1.54, 1.807) is 0 Å². The summed E-state index contributed by atoms with van der Waals surface area (Å²) in [6.07, 6.45) is 0. The maximum atomic E-state index is 13.0. The summed E-state index contributed by atoms with van der Waals surface area (Å²) in [6, 6.07) is 26.7. The fourth-order valence-electron chi connectivity index (χ4n) is 4.79. The monoisotopic (exact) mass is 378 g/mol. The van der Waals surface area contributed by atoms with E-state index in [0.717, 1.165) is 38.6 Å². The Hall–Kier alpha value is -3.39. The standard InChI is InChI=1S/C27H22O2/c1-17-12-15-23(19(3)16-17)27(24-11-7-6-10-22(24)26(28)29-27)25-18(2)13-14-20-8-4-5-9-21(20)25/h4-16H,1-3H3. The average Bonchev–Trinajstić information content (AvgIpc) is 3.01. The molecule has 0 N–H and O–H groups in total. The van der Waals surface area contributed by atoms with Crippen LogP contribution in [0.25, 0.3) is 10.8 Å². The molecular formula is C27H22O2. The van der Waals surface area contributed by atoms with Crippen molar-refractivity contribution in [2.45, 2.75) is 26.4 Å². The first kappa shape index (κ1) is 17.7. The van der Waals surface area contributed by atoms with Crippen LogP contribution in [-0.2, 0) is 10.3 Å². The zero-order valence-corrected chi connectivity index (χ0v) is 16.8. The first-order valence-corrected chi connectivity index (χ1v) is 9.92. The summed E-state index contributed by atoms with van der Waals surface area (Å²) < 4.78 is 6.36. The second-order valence-corrected chi connectivity index (χ2v) is 7.91. The second-order valence-electron chi connectivity index (χ2n) is 7.91. The van der Waals surface area contributed by atoms with Crippen molar-refractivity contribution in [2.75, 3.05) is 0 Å². The summed E-state index contributed by atoms with van der Waals surface area (Å²) in [6.45, 7) is 6.28. The topological polar surface area (TPSA) is 26.3 Å². The lowest BCUT2D eigenvalue weighted by molar-refractivity contribution is 0.0252. The number of aryl methyl sites for hydroxylation is 3. The highest BCUT2D eigenvalue weighted by Crippen LogP contribution is 2.50. The van der Waals surface area contributed by atoms with Gasteiger partial charge in [0.2, 0.25) is 0 Å². The fourth-order valence-corrected chi connectivity index (χ4v) is 4.79. The Balaban J connectivity index is 1.98. The van der Waals surface area contributed by atoms with Gasteiger partial charge in [-0.2, -0.15) is 0 Å². The van der Waals surface area contributed by atoms with E-state index in [4.69, 9.17) is 4.74 Å². The van der Waals surface area contributed by atoms with E-state index in [2.05, 4.69) is 63.2 Å². The van der Waals surface area contributed by atoms with Gasteiger partial charge >= 0.3 is 5.97 Å². The normalized spacial score (nSPS) is 18.0. The van der Waals surface area contributed by atoms with Gasteiger partial charge in [-0.05, 0) is 48.7 Å². The Morgan fingerprint density at radius 2 is 1.48 bits per heavy atom. The molecule has 1 aliphatic rings. The number of hydrogen-bond acceptors (Lipinski definition) is 2. The molecule has 0 bridgehead atoms. The molecule has 0 fully saturated rings. The lowest BCUT2D eigenvalue weighted by Crippen LogP contribution is -2.31. The number of benzene rings is 4. The summed E-state index contributed by atoms with van der Waals surface area (Å²) in [4.78, 5) is 13.0. The van der Waals surface area contributed by atoms with Crippen molar-refractivity contribution in [1.82, 2.24) is 0 Å². The van der Waals surface area contributed by atoms with E-state index in [1.807, 2.05) is 36.4 Å². The zero-order valence-electron chi connectivity index (χ0n) is 16.8. The van der Waals surface area contributed by atoms with Crippen LogP contribution < -0.4 is 0 Å². The Labute approximate surface area is 170 Å². The van der Waals surface area contributed by atoms with Crippen LogP contribution in [0.2, 0.25) is 0 Å². The third-order valence-corrected chi connectivity index (χ3v) is 6.02. The third kappa shape index (κ3) is 2.45. The molecule has 0 amide bonds. The minimum Gasteiger partial charge on any atom is -0.441 e. The maximum Gasteiger partial charge on any atom is 0.340 e. The van der Waals surface area contributed by atoms with Crippen LogP contribution in [-0.4, -0.2) is 5.97 Å². The summed E-state index contributed by atoms with van der Waals surface area (Å²) in [5.74, 6) is -0.270. The average molecular weight is 378 g/mol. The molecule has 0 spiro atoms. The summed E-state index contributed by atoms with van der Waals surface area (Å²) in [5.41, 5.74) is 6.05. The van der Waals surface area contributed by atoms with Gasteiger partial charge in [0.1, 0.15) is 0 Å². The molecule has 4 aromatic carbocycles. The SMILES string of the molecule is Cc1ccc(C2(c3c(C)ccc4ccccc34)OC(=O)c3ccccc32)c(C)c1. The minimum atomic E-state index is -0.962. The molecule has 0 aromatic heterocycles. The van der Waals surface area contributed by atoms with Gasteiger partial charge in [-0.15, -0.1) is 0 Å². The van der Waals surface area contributed by atoms with Gasteiger partial charge < -0.3 is 4.74 Å². The molecule has 0 saturated carbocycles. The van der Waals surface area contributed by atoms with Crippen molar-refractivity contribution in [3.05, 3.63) is 118 Å². The van der Waals surface area contributed by atoms with Crippen LogP contribution in [0.1, 0.15) is 43.7 Å². The van der Waals surface area contributed by atoms with E-state index in [9.17, 15) is 4.79 Å². The van der Waals surface area contributed by atoms with E-state index >= 15 is 0 Å². The minimum absolute atomic E-state index is 0.270. The molecule has 142 valence electrons. The van der Waals surface area contributed by atoms with Gasteiger partial charge in [-0.3, -0.25) is 0 Å². The van der Waals surface area contributed by atoms with Crippen LogP contribution >= 0.6 is 0 Å². The van der Waals surface area contributed by atoms with Crippen molar-refractivity contribution in [1.29, 1.82) is 0 Å². The molecular weight excluding hydrogens is 356 g/mol. The number of carbonyl (C=O) groups is 1. The number of carbonyl (C=O) groups excluding carboxylic acids is 1. The fraction of sp³-hybridized carbons (Fsp3) is 0.148. The third-order valence-electron chi connectivity index (χ3n) is 6.02. The predicted molar refractivity (Wildman–Crippen MR) is 116 cm³/mol. The predicted octanol–water partition coefficient (Wildman–Crippen LogP) is 6.23. The quantitative estimate of drug-likeness (QED) is 0.387. The number of hydrogen-bond donors (Lipinski definition) is 0. The molecule has 29 heavy (non-hydrogen) atoms. The van der Waals surface area contributed by atoms with E-state index < -0.39 is 5.60 Å². The number of fused-ring (bicyclic) bond motifs is 2. The molecule has 1 unspecified atom stereocenters. The molecule has 0 saturated heterocycles. The van der Waals surface area contributed by atoms with Crippen molar-refractivity contribution >= 4 is 16.7 Å². The van der Waals surface area contributed by atoms with Crippen molar-refractivity contribution in [2.24, 2.45) is 0 Å². The van der Waals surface area contributed by atoms with Crippen LogP contribution in [0, 0.1) is 20.8 Å². The van der Waals surface area contributed by atoms with Gasteiger partial charge in [0.15, 0.2) is 5.60 Å². The Bertz CT molecular complexity index is 1280. The molecule has 0 radical (unpaired) electrons. The summed E-state index contributed by atoms with van der Waals surface area (Å²) in [5, 5.41) is 2.25. The molecule has 1 atom stereocenters. The van der Waals surface area contributed by atoms with E-state index in [-0.39, 0.29) is 5.97 Å². The largest absolute Gasteiger partial charge is 0.441 e. The summed E-state index contributed by atoms with van der Waals surface area (Å²) in [7, 11) is 0. The highest BCUT2D eigenvalue weighted by Gasteiger charge is 2.50. The molecule has 1 heterocycles. The van der Waals surface area contributed by atoms with Crippen LogP contribution in [0.15, 0.2) is 78.9 Å². The van der Waals surface area contributed by atoms with Crippen molar-refractivity contribution < 1.29 is 9.53 Å². The molecule has 4 aromatic rings. The van der Waals surface area contributed by atoms with Gasteiger partial charge in [-0.25, -0.2) is 4.79 Å². The Kier molecular flexibility index (Phi) is 3.85. The first-order chi connectivity index (χ1) is 14.0.